The Morgan fingerprint density at radius 1 is 0.900 bits per heavy atom. The van der Waals surface area contributed by atoms with Crippen molar-refractivity contribution in [2.24, 2.45) is 0 Å². The molecule has 0 radical (unpaired) electrons. The second-order valence-corrected chi connectivity index (χ2v) is 6.79. The number of carbonyl (C=O) groups excluding carboxylic acids is 2. The maximum Gasteiger partial charge on any atom is 0.340 e. The first-order valence-corrected chi connectivity index (χ1v) is 9.76. The minimum Gasteiger partial charge on any atom is -0.462 e. The lowest BCUT2D eigenvalue weighted by Gasteiger charge is -2.15. The molecule has 0 aliphatic rings. The molecular weight excluding hydrogens is 384 g/mol. The molecule has 0 saturated carbocycles. The van der Waals surface area contributed by atoms with Crippen LogP contribution in [0.15, 0.2) is 34.9 Å². The minimum atomic E-state index is -0.581. The number of carbonyl (C=O) groups is 2. The van der Waals surface area contributed by atoms with Crippen LogP contribution in [0.2, 0.25) is 0 Å². The zero-order valence-electron chi connectivity index (χ0n) is 17.7. The van der Waals surface area contributed by atoms with Crippen LogP contribution in [-0.4, -0.2) is 35.3 Å². The number of aryl methyl sites for hydroxylation is 3. The summed E-state index contributed by atoms with van der Waals surface area (Å²) in [5.41, 5.74) is 3.82. The lowest BCUT2D eigenvalue weighted by molar-refractivity contribution is 0.0525. The van der Waals surface area contributed by atoms with Crippen LogP contribution >= 0.6 is 0 Å². The van der Waals surface area contributed by atoms with Crippen LogP contribution in [0.1, 0.15) is 51.5 Å². The number of pyridine rings is 1. The molecular formula is C23H24N2O5. The average molecular weight is 408 g/mol. The van der Waals surface area contributed by atoms with Gasteiger partial charge in [0.1, 0.15) is 5.69 Å². The minimum absolute atomic E-state index is 0.175. The molecule has 2 aromatic heterocycles. The highest BCUT2D eigenvalue weighted by Crippen LogP contribution is 2.34. The third-order valence-corrected chi connectivity index (χ3v) is 4.62. The van der Waals surface area contributed by atoms with Crippen molar-refractivity contribution in [1.82, 2.24) is 10.1 Å². The Morgan fingerprint density at radius 2 is 1.43 bits per heavy atom. The van der Waals surface area contributed by atoms with Crippen LogP contribution in [0, 0.1) is 20.8 Å². The van der Waals surface area contributed by atoms with Gasteiger partial charge in [-0.2, -0.15) is 0 Å². The van der Waals surface area contributed by atoms with Crippen LogP contribution < -0.4 is 0 Å². The summed E-state index contributed by atoms with van der Waals surface area (Å²) in [6.45, 7) is 9.19. The molecule has 0 bridgehead atoms. The summed E-state index contributed by atoms with van der Waals surface area (Å²) in [4.78, 5) is 29.9. The normalized spacial score (nSPS) is 10.7. The molecule has 1 aromatic carbocycles. The SMILES string of the molecule is CCOC(=O)c1c(C)nc(C)c(C(=O)OCC)c1-c1cc(-c2ccc(C)cc2)on1. The van der Waals surface area contributed by atoms with Gasteiger partial charge in [0.05, 0.1) is 35.7 Å². The fraction of sp³-hybridized carbons (Fsp3) is 0.304. The first kappa shape index (κ1) is 21.2. The van der Waals surface area contributed by atoms with E-state index in [1.165, 1.54) is 0 Å². The predicted molar refractivity (Wildman–Crippen MR) is 111 cm³/mol. The Morgan fingerprint density at radius 3 is 1.93 bits per heavy atom. The molecule has 0 fully saturated rings. The molecule has 0 amide bonds. The Bertz CT molecular complexity index is 1040. The second kappa shape index (κ2) is 8.90. The third-order valence-electron chi connectivity index (χ3n) is 4.62. The van der Waals surface area contributed by atoms with Crippen molar-refractivity contribution in [1.29, 1.82) is 0 Å². The Kier molecular flexibility index (Phi) is 6.30. The highest BCUT2D eigenvalue weighted by Gasteiger charge is 2.29. The quantitative estimate of drug-likeness (QED) is 0.547. The van der Waals surface area contributed by atoms with Gasteiger partial charge in [-0.05, 0) is 34.6 Å². The van der Waals surface area contributed by atoms with E-state index in [-0.39, 0.29) is 24.3 Å². The Hall–Kier alpha value is -3.48. The van der Waals surface area contributed by atoms with Gasteiger partial charge in [0.25, 0.3) is 0 Å². The van der Waals surface area contributed by atoms with E-state index < -0.39 is 11.9 Å². The van der Waals surface area contributed by atoms with Gasteiger partial charge in [0.2, 0.25) is 0 Å². The first-order chi connectivity index (χ1) is 14.4. The maximum absolute atomic E-state index is 12.7. The molecule has 0 aliphatic carbocycles. The number of nitrogens with zero attached hydrogens (tertiary/aromatic N) is 2. The molecule has 0 unspecified atom stereocenters. The van der Waals surface area contributed by atoms with E-state index in [1.54, 1.807) is 33.8 Å². The summed E-state index contributed by atoms with van der Waals surface area (Å²) in [5.74, 6) is -0.646. The molecule has 0 aliphatic heterocycles. The van der Waals surface area contributed by atoms with E-state index in [0.29, 0.717) is 28.4 Å². The molecule has 0 spiro atoms. The van der Waals surface area contributed by atoms with Crippen molar-refractivity contribution in [2.75, 3.05) is 13.2 Å². The van der Waals surface area contributed by atoms with Crippen LogP contribution in [0.5, 0.6) is 0 Å². The summed E-state index contributed by atoms with van der Waals surface area (Å²) in [7, 11) is 0. The van der Waals surface area contributed by atoms with Gasteiger partial charge in [0, 0.05) is 17.2 Å². The third kappa shape index (κ3) is 4.10. The highest BCUT2D eigenvalue weighted by molar-refractivity contribution is 6.06. The van der Waals surface area contributed by atoms with E-state index in [0.717, 1.165) is 11.1 Å². The summed E-state index contributed by atoms with van der Waals surface area (Å²) in [6, 6.07) is 9.46. The van der Waals surface area contributed by atoms with Gasteiger partial charge in [0.15, 0.2) is 5.76 Å². The molecule has 0 N–H and O–H groups in total. The van der Waals surface area contributed by atoms with Crippen molar-refractivity contribution in [2.45, 2.75) is 34.6 Å². The van der Waals surface area contributed by atoms with E-state index in [1.807, 2.05) is 31.2 Å². The van der Waals surface area contributed by atoms with Crippen molar-refractivity contribution >= 4 is 11.9 Å². The van der Waals surface area contributed by atoms with Gasteiger partial charge in [-0.3, -0.25) is 4.98 Å². The summed E-state index contributed by atoms with van der Waals surface area (Å²) < 4.78 is 16.0. The Labute approximate surface area is 175 Å². The van der Waals surface area contributed by atoms with E-state index >= 15 is 0 Å². The molecule has 30 heavy (non-hydrogen) atoms. The smallest absolute Gasteiger partial charge is 0.340 e. The summed E-state index contributed by atoms with van der Waals surface area (Å²) in [6.07, 6.45) is 0. The number of benzene rings is 1. The number of rotatable bonds is 6. The topological polar surface area (TPSA) is 91.5 Å². The lowest BCUT2D eigenvalue weighted by Crippen LogP contribution is -2.17. The van der Waals surface area contributed by atoms with Gasteiger partial charge < -0.3 is 14.0 Å². The second-order valence-electron chi connectivity index (χ2n) is 6.79. The van der Waals surface area contributed by atoms with E-state index in [9.17, 15) is 9.59 Å². The van der Waals surface area contributed by atoms with Gasteiger partial charge in [-0.25, -0.2) is 9.59 Å². The van der Waals surface area contributed by atoms with E-state index in [2.05, 4.69) is 10.1 Å². The molecule has 0 atom stereocenters. The van der Waals surface area contributed by atoms with Gasteiger partial charge in [-0.15, -0.1) is 0 Å². The maximum atomic E-state index is 12.7. The van der Waals surface area contributed by atoms with Gasteiger partial charge in [-0.1, -0.05) is 35.0 Å². The standard InChI is InChI=1S/C23H24N2O5/c1-6-28-22(26)19-14(4)24-15(5)20(23(27)29-7-2)21(19)17-12-18(30-25-17)16-10-8-13(3)9-11-16/h8-12H,6-7H2,1-5H3. The van der Waals surface area contributed by atoms with Crippen molar-refractivity contribution < 1.29 is 23.6 Å². The number of ether oxygens (including phenoxy) is 2. The molecule has 0 saturated heterocycles. The fourth-order valence-electron chi connectivity index (χ4n) is 3.26. The zero-order valence-corrected chi connectivity index (χ0v) is 17.7. The number of esters is 2. The summed E-state index contributed by atoms with van der Waals surface area (Å²) in [5, 5.41) is 4.16. The van der Waals surface area contributed by atoms with Crippen molar-refractivity contribution in [3.05, 3.63) is 58.4 Å². The van der Waals surface area contributed by atoms with E-state index in [4.69, 9.17) is 14.0 Å². The molecule has 7 heteroatoms. The van der Waals surface area contributed by atoms with Crippen LogP contribution in [-0.2, 0) is 9.47 Å². The Balaban J connectivity index is 2.24. The molecule has 3 aromatic rings. The number of aromatic nitrogens is 2. The molecule has 2 heterocycles. The monoisotopic (exact) mass is 408 g/mol. The zero-order chi connectivity index (χ0) is 21.8. The fourth-order valence-corrected chi connectivity index (χ4v) is 3.26. The van der Waals surface area contributed by atoms with Crippen molar-refractivity contribution in [3.8, 4) is 22.6 Å². The predicted octanol–water partition coefficient (Wildman–Crippen LogP) is 4.68. The molecule has 156 valence electrons. The largest absolute Gasteiger partial charge is 0.462 e. The first-order valence-electron chi connectivity index (χ1n) is 9.76. The molecule has 7 nitrogen and oxygen atoms in total. The number of hydrogen-bond acceptors (Lipinski definition) is 7. The van der Waals surface area contributed by atoms with Crippen LogP contribution in [0.3, 0.4) is 0 Å². The summed E-state index contributed by atoms with van der Waals surface area (Å²) >= 11 is 0. The highest BCUT2D eigenvalue weighted by atomic mass is 16.5. The van der Waals surface area contributed by atoms with Gasteiger partial charge >= 0.3 is 11.9 Å². The lowest BCUT2D eigenvalue weighted by atomic mass is 9.95. The van der Waals surface area contributed by atoms with Crippen LogP contribution in [0.25, 0.3) is 22.6 Å². The van der Waals surface area contributed by atoms with Crippen molar-refractivity contribution in [3.63, 3.8) is 0 Å². The average Bonchev–Trinajstić information content (AvgIpc) is 3.18. The number of hydrogen-bond donors (Lipinski definition) is 0. The molecule has 3 rings (SSSR count). The van der Waals surface area contributed by atoms with Crippen LogP contribution in [0.4, 0.5) is 0 Å².